The van der Waals surface area contributed by atoms with E-state index in [0.29, 0.717) is 13.2 Å². The summed E-state index contributed by atoms with van der Waals surface area (Å²) in [4.78, 5) is 13.6. The van der Waals surface area contributed by atoms with E-state index in [2.05, 4.69) is 78.0 Å². The second-order valence-electron chi connectivity index (χ2n) is 7.94. The number of fused-ring (bicyclic) bond motifs is 1. The first kappa shape index (κ1) is 22.7. The maximum absolute atomic E-state index is 6.29. The number of anilines is 4. The summed E-state index contributed by atoms with van der Waals surface area (Å²) < 4.78 is 6.29. The summed E-state index contributed by atoms with van der Waals surface area (Å²) in [5, 5.41) is 0. The van der Waals surface area contributed by atoms with Crippen LogP contribution in [0.4, 0.5) is 23.0 Å². The predicted octanol–water partition coefficient (Wildman–Crippen LogP) is 5.78. The van der Waals surface area contributed by atoms with Crippen molar-refractivity contribution in [3.63, 3.8) is 0 Å². The van der Waals surface area contributed by atoms with Gasteiger partial charge in [0.1, 0.15) is 0 Å². The fourth-order valence-corrected chi connectivity index (χ4v) is 4.24. The van der Waals surface area contributed by atoms with Gasteiger partial charge in [-0.3, -0.25) is 9.80 Å². The van der Waals surface area contributed by atoms with Crippen molar-refractivity contribution < 1.29 is 4.74 Å². The standard InChI is InChI=1S/C27H31N5O/c1-5-19(3)24(20(4)18-28)21-11-10-14-23(17-21)32-26-25(29-15-16-30-26)31(27(32)33-6-2)22-12-8-7-9-13-22/h5,7-17,27H,6,18,28H2,1-4H3/b19-5-,24-20+. The van der Waals surface area contributed by atoms with Crippen molar-refractivity contribution in [2.45, 2.75) is 34.0 Å². The Kier molecular flexibility index (Phi) is 6.87. The Morgan fingerprint density at radius 1 is 0.970 bits per heavy atom. The molecule has 33 heavy (non-hydrogen) atoms. The van der Waals surface area contributed by atoms with Gasteiger partial charge in [-0.05, 0) is 68.7 Å². The van der Waals surface area contributed by atoms with Crippen LogP contribution in [-0.2, 0) is 4.74 Å². The number of hydrogen-bond acceptors (Lipinski definition) is 6. The van der Waals surface area contributed by atoms with Crippen LogP contribution in [-0.4, -0.2) is 29.5 Å². The van der Waals surface area contributed by atoms with Crippen molar-refractivity contribution >= 4 is 28.6 Å². The molecule has 6 heteroatoms. The maximum atomic E-state index is 6.29. The van der Waals surface area contributed by atoms with Crippen LogP contribution in [0.3, 0.4) is 0 Å². The number of nitrogens with zero attached hydrogens (tertiary/aromatic N) is 4. The molecule has 0 aliphatic carbocycles. The number of para-hydroxylation sites is 1. The zero-order valence-electron chi connectivity index (χ0n) is 19.7. The van der Waals surface area contributed by atoms with E-state index >= 15 is 0 Å². The molecule has 0 saturated carbocycles. The molecule has 1 aromatic heterocycles. The lowest BCUT2D eigenvalue weighted by Gasteiger charge is -2.31. The first-order valence-corrected chi connectivity index (χ1v) is 11.3. The normalized spacial score (nSPS) is 16.6. The molecule has 0 fully saturated rings. The summed E-state index contributed by atoms with van der Waals surface area (Å²) in [6, 6.07) is 18.6. The molecular formula is C27H31N5O. The van der Waals surface area contributed by atoms with Gasteiger partial charge in [-0.15, -0.1) is 0 Å². The van der Waals surface area contributed by atoms with Gasteiger partial charge in [-0.2, -0.15) is 0 Å². The lowest BCUT2D eigenvalue weighted by molar-refractivity contribution is 0.0767. The highest BCUT2D eigenvalue weighted by Gasteiger charge is 2.40. The Bertz CT molecular complexity index is 1170. The molecule has 3 aromatic rings. The van der Waals surface area contributed by atoms with Crippen LogP contribution in [0.1, 0.15) is 33.3 Å². The summed E-state index contributed by atoms with van der Waals surface area (Å²) in [5.41, 5.74) is 12.7. The van der Waals surface area contributed by atoms with E-state index in [9.17, 15) is 0 Å². The highest BCUT2D eigenvalue weighted by Crippen LogP contribution is 2.45. The number of benzene rings is 2. The Morgan fingerprint density at radius 2 is 1.61 bits per heavy atom. The highest BCUT2D eigenvalue weighted by molar-refractivity contribution is 5.86. The van der Waals surface area contributed by atoms with Gasteiger partial charge in [0.2, 0.25) is 6.35 Å². The smallest absolute Gasteiger partial charge is 0.221 e. The van der Waals surface area contributed by atoms with Gasteiger partial charge in [0.05, 0.1) is 0 Å². The summed E-state index contributed by atoms with van der Waals surface area (Å²) >= 11 is 0. The minimum Gasteiger partial charge on any atom is -0.340 e. The lowest BCUT2D eigenvalue weighted by atomic mass is 9.93. The van der Waals surface area contributed by atoms with E-state index in [-0.39, 0.29) is 0 Å². The molecule has 1 aliphatic heterocycles. The Balaban J connectivity index is 1.87. The van der Waals surface area contributed by atoms with Crippen LogP contribution < -0.4 is 15.5 Å². The number of allylic oxidation sites excluding steroid dienone is 3. The molecule has 6 nitrogen and oxygen atoms in total. The maximum Gasteiger partial charge on any atom is 0.221 e. The molecule has 0 spiro atoms. The van der Waals surface area contributed by atoms with Gasteiger partial charge in [0.15, 0.2) is 11.6 Å². The van der Waals surface area contributed by atoms with Crippen LogP contribution in [0.25, 0.3) is 5.57 Å². The molecule has 0 amide bonds. The van der Waals surface area contributed by atoms with Crippen molar-refractivity contribution in [1.29, 1.82) is 0 Å². The van der Waals surface area contributed by atoms with Crippen LogP contribution >= 0.6 is 0 Å². The third kappa shape index (κ3) is 4.27. The molecule has 0 bridgehead atoms. The second-order valence-corrected chi connectivity index (χ2v) is 7.94. The third-order valence-corrected chi connectivity index (χ3v) is 5.88. The average Bonchev–Trinajstić information content (AvgIpc) is 3.18. The largest absolute Gasteiger partial charge is 0.340 e. The van der Waals surface area contributed by atoms with Crippen molar-refractivity contribution in [3.05, 3.63) is 89.8 Å². The summed E-state index contributed by atoms with van der Waals surface area (Å²) in [7, 11) is 0. The van der Waals surface area contributed by atoms with Crippen molar-refractivity contribution in [2.75, 3.05) is 23.0 Å². The van der Waals surface area contributed by atoms with Gasteiger partial charge in [-0.1, -0.05) is 42.0 Å². The van der Waals surface area contributed by atoms with Gasteiger partial charge in [0.25, 0.3) is 0 Å². The number of rotatable bonds is 7. The number of nitrogens with two attached hydrogens (primary N) is 1. The molecular weight excluding hydrogens is 410 g/mol. The summed E-state index contributed by atoms with van der Waals surface area (Å²) in [5.74, 6) is 1.53. The molecule has 2 aromatic carbocycles. The quantitative estimate of drug-likeness (QED) is 0.469. The monoisotopic (exact) mass is 441 g/mol. The first-order valence-electron chi connectivity index (χ1n) is 11.3. The number of hydrogen-bond donors (Lipinski definition) is 1. The molecule has 1 atom stereocenters. The fraction of sp³-hybridized carbons (Fsp3) is 0.259. The second kappa shape index (κ2) is 9.98. The summed E-state index contributed by atoms with van der Waals surface area (Å²) in [6.07, 6.45) is 5.16. The molecule has 170 valence electrons. The minimum absolute atomic E-state index is 0.407. The van der Waals surface area contributed by atoms with Gasteiger partial charge in [-0.25, -0.2) is 9.97 Å². The topological polar surface area (TPSA) is 67.5 Å². The van der Waals surface area contributed by atoms with Crippen molar-refractivity contribution in [1.82, 2.24) is 9.97 Å². The number of aromatic nitrogens is 2. The number of ether oxygens (including phenoxy) is 1. The zero-order chi connectivity index (χ0) is 23.4. The van der Waals surface area contributed by atoms with Crippen molar-refractivity contribution in [3.8, 4) is 0 Å². The van der Waals surface area contributed by atoms with E-state index in [1.165, 1.54) is 11.1 Å². The molecule has 4 rings (SSSR count). The molecule has 2 N–H and O–H groups in total. The minimum atomic E-state index is -0.407. The summed E-state index contributed by atoms with van der Waals surface area (Å²) in [6.45, 7) is 9.32. The lowest BCUT2D eigenvalue weighted by Crippen LogP contribution is -2.41. The van der Waals surface area contributed by atoms with Gasteiger partial charge in [0, 0.05) is 36.9 Å². The van der Waals surface area contributed by atoms with E-state index in [1.807, 2.05) is 25.1 Å². The van der Waals surface area contributed by atoms with Crippen LogP contribution in [0, 0.1) is 0 Å². The molecule has 0 saturated heterocycles. The van der Waals surface area contributed by atoms with Crippen LogP contribution in [0.2, 0.25) is 0 Å². The molecule has 0 radical (unpaired) electrons. The molecule has 1 unspecified atom stereocenters. The Morgan fingerprint density at radius 3 is 2.21 bits per heavy atom. The Labute approximate surface area is 196 Å². The van der Waals surface area contributed by atoms with Crippen LogP contribution in [0.5, 0.6) is 0 Å². The van der Waals surface area contributed by atoms with Crippen LogP contribution in [0.15, 0.2) is 84.2 Å². The van der Waals surface area contributed by atoms with E-state index < -0.39 is 6.35 Å². The highest BCUT2D eigenvalue weighted by atomic mass is 16.5. The zero-order valence-corrected chi connectivity index (χ0v) is 19.7. The van der Waals surface area contributed by atoms with E-state index in [0.717, 1.165) is 34.1 Å². The third-order valence-electron chi connectivity index (χ3n) is 5.88. The average molecular weight is 442 g/mol. The van der Waals surface area contributed by atoms with Gasteiger partial charge < -0.3 is 10.5 Å². The fourth-order valence-electron chi connectivity index (χ4n) is 4.24. The first-order chi connectivity index (χ1) is 16.1. The van der Waals surface area contributed by atoms with Gasteiger partial charge >= 0.3 is 0 Å². The van der Waals surface area contributed by atoms with E-state index in [4.69, 9.17) is 15.5 Å². The van der Waals surface area contributed by atoms with Crippen molar-refractivity contribution in [2.24, 2.45) is 5.73 Å². The van der Waals surface area contributed by atoms with E-state index in [1.54, 1.807) is 12.4 Å². The Hall–Kier alpha value is -3.48. The predicted molar refractivity (Wildman–Crippen MR) is 136 cm³/mol. The molecule has 2 heterocycles. The molecule has 1 aliphatic rings. The SMILES string of the molecule is C/C=C(C)\C(=C(\C)CN)c1cccc(N2c3nccnc3N(c3ccccc3)C2OCC)c1.